The Morgan fingerprint density at radius 1 is 1.29 bits per heavy atom. The van der Waals surface area contributed by atoms with Crippen molar-refractivity contribution < 1.29 is 23.3 Å². The van der Waals surface area contributed by atoms with Crippen molar-refractivity contribution in [3.63, 3.8) is 0 Å². The van der Waals surface area contributed by atoms with Gasteiger partial charge in [-0.2, -0.15) is 0 Å². The highest BCUT2D eigenvalue weighted by Crippen LogP contribution is 2.40. The van der Waals surface area contributed by atoms with Gasteiger partial charge in [0.05, 0.1) is 17.2 Å². The van der Waals surface area contributed by atoms with Gasteiger partial charge < -0.3 is 10.1 Å². The topological polar surface area (TPSA) is 92.8 Å². The molecule has 2 heterocycles. The molecular formula is C18H18Br2N2O5S. The van der Waals surface area contributed by atoms with Crippen LogP contribution in [-0.2, 0) is 36.3 Å². The molecule has 0 aliphatic carbocycles. The van der Waals surface area contributed by atoms with Crippen molar-refractivity contribution in [1.82, 2.24) is 10.2 Å². The van der Waals surface area contributed by atoms with Gasteiger partial charge in [-0.15, -0.1) is 0 Å². The summed E-state index contributed by atoms with van der Waals surface area (Å²) in [6, 6.07) is 8.17. The van der Waals surface area contributed by atoms with Crippen LogP contribution in [0.3, 0.4) is 0 Å². The van der Waals surface area contributed by atoms with Gasteiger partial charge in [0.15, 0.2) is 0 Å². The number of carbonyl (C=O) groups is 3. The number of hydrogen-bond donors (Lipinski definition) is 1. The van der Waals surface area contributed by atoms with E-state index in [9.17, 15) is 18.6 Å². The first-order valence-electron chi connectivity index (χ1n) is 8.50. The monoisotopic (exact) mass is 532 g/mol. The second-order valence-corrected chi connectivity index (χ2v) is 10.2. The van der Waals surface area contributed by atoms with Crippen LogP contribution < -0.4 is 5.32 Å². The van der Waals surface area contributed by atoms with E-state index in [0.29, 0.717) is 10.9 Å². The van der Waals surface area contributed by atoms with E-state index in [1.165, 1.54) is 4.90 Å². The average Bonchev–Trinajstić information content (AvgIpc) is 2.69. The number of hydrogen-bond acceptors (Lipinski definition) is 5. The first kappa shape index (κ1) is 21.2. The first-order chi connectivity index (χ1) is 13.4. The normalized spacial score (nSPS) is 26.4. The van der Waals surface area contributed by atoms with E-state index in [-0.39, 0.29) is 24.6 Å². The summed E-state index contributed by atoms with van der Waals surface area (Å²) < 4.78 is 17.3. The van der Waals surface area contributed by atoms with Gasteiger partial charge in [-0.1, -0.05) is 62.2 Å². The minimum atomic E-state index is -1.53. The lowest BCUT2D eigenvalue weighted by molar-refractivity contribution is -0.152. The number of β-lactam (4-membered cyclic amide) rings is 1. The Kier molecular flexibility index (Phi) is 6.72. The zero-order chi connectivity index (χ0) is 20.4. The van der Waals surface area contributed by atoms with E-state index in [2.05, 4.69) is 37.2 Å². The number of nitrogens with zero attached hydrogens (tertiary/aromatic N) is 1. The predicted molar refractivity (Wildman–Crippen MR) is 111 cm³/mol. The first-order valence-corrected chi connectivity index (χ1v) is 11.8. The van der Waals surface area contributed by atoms with E-state index in [1.54, 1.807) is 6.92 Å². The molecule has 150 valence electrons. The maximum absolute atomic E-state index is 12.8. The molecule has 7 nitrogen and oxygen atoms in total. The third-order valence-electron chi connectivity index (χ3n) is 4.47. The van der Waals surface area contributed by atoms with Gasteiger partial charge >= 0.3 is 5.97 Å². The molecule has 28 heavy (non-hydrogen) atoms. The maximum Gasteiger partial charge on any atom is 0.355 e. The number of nitrogens with one attached hydrogen (secondary N) is 1. The summed E-state index contributed by atoms with van der Waals surface area (Å²) in [5, 5.41) is 2.31. The Hall–Kier alpha value is -1.52. The molecule has 0 radical (unpaired) electrons. The largest absolute Gasteiger partial charge is 0.460 e. The standard InChI is InChI=1S/C18H18Br2N2O5S/c1-10-14(18(25)27-8-7-19)22-16(24)13(17(22)28(26)15(10)20)21-12(23)9-11-5-3-2-4-6-11/h2-6,13,15,17H,7-9H2,1H3,(H,21,23)/t13?,15?,17-,28?/m0/s1. The summed E-state index contributed by atoms with van der Waals surface area (Å²) in [4.78, 5) is 38.6. The van der Waals surface area contributed by atoms with Gasteiger partial charge in [0.1, 0.15) is 27.9 Å². The van der Waals surface area contributed by atoms with E-state index in [4.69, 9.17) is 4.74 Å². The SMILES string of the molecule is CC1=C(C(=O)OCCBr)N2C(=O)C(NC(=O)Cc3ccccc3)[C@@H]2S(=O)C1Br. The van der Waals surface area contributed by atoms with Crippen LogP contribution in [0.2, 0.25) is 0 Å². The van der Waals surface area contributed by atoms with Crippen LogP contribution in [0, 0.1) is 0 Å². The van der Waals surface area contributed by atoms with Crippen LogP contribution in [0.1, 0.15) is 12.5 Å². The van der Waals surface area contributed by atoms with Crippen molar-refractivity contribution in [3.8, 4) is 0 Å². The van der Waals surface area contributed by atoms with Crippen molar-refractivity contribution in [2.75, 3.05) is 11.9 Å². The van der Waals surface area contributed by atoms with Crippen molar-refractivity contribution in [2.45, 2.75) is 28.9 Å². The van der Waals surface area contributed by atoms with Crippen LogP contribution >= 0.6 is 31.9 Å². The zero-order valence-electron chi connectivity index (χ0n) is 14.9. The van der Waals surface area contributed by atoms with Crippen LogP contribution in [0.5, 0.6) is 0 Å². The lowest BCUT2D eigenvalue weighted by Gasteiger charge is -2.50. The van der Waals surface area contributed by atoms with E-state index in [0.717, 1.165) is 5.56 Å². The molecule has 0 aromatic heterocycles. The lowest BCUT2D eigenvalue weighted by Crippen LogP contribution is -2.74. The van der Waals surface area contributed by atoms with Crippen LogP contribution in [-0.4, -0.2) is 54.4 Å². The zero-order valence-corrected chi connectivity index (χ0v) is 18.9. The highest BCUT2D eigenvalue weighted by atomic mass is 79.9. The second-order valence-electron chi connectivity index (χ2n) is 6.31. The van der Waals surface area contributed by atoms with Crippen molar-refractivity contribution in [3.05, 3.63) is 47.2 Å². The second kappa shape index (κ2) is 8.87. The summed E-state index contributed by atoms with van der Waals surface area (Å²) in [7, 11) is -1.53. The van der Waals surface area contributed by atoms with Crippen LogP contribution in [0.15, 0.2) is 41.6 Å². The molecule has 10 heteroatoms. The molecule has 2 aliphatic rings. The third-order valence-corrected chi connectivity index (χ3v) is 8.30. The van der Waals surface area contributed by atoms with Crippen molar-refractivity contribution in [2.24, 2.45) is 0 Å². The minimum Gasteiger partial charge on any atom is -0.460 e. The number of amides is 2. The van der Waals surface area contributed by atoms with E-state index < -0.39 is 38.3 Å². The maximum atomic E-state index is 12.8. The Balaban J connectivity index is 1.77. The molecule has 2 aliphatic heterocycles. The highest BCUT2D eigenvalue weighted by Gasteiger charge is 2.58. The molecule has 1 fully saturated rings. The average molecular weight is 534 g/mol. The summed E-state index contributed by atoms with van der Waals surface area (Å²) in [6.45, 7) is 1.78. The fourth-order valence-electron chi connectivity index (χ4n) is 3.13. The number of alkyl halides is 2. The Bertz CT molecular complexity index is 861. The van der Waals surface area contributed by atoms with Crippen LogP contribution in [0.25, 0.3) is 0 Å². The molecule has 0 saturated carbocycles. The van der Waals surface area contributed by atoms with Gasteiger partial charge in [-0.25, -0.2) is 4.79 Å². The van der Waals surface area contributed by atoms with Gasteiger partial charge in [0.25, 0.3) is 5.91 Å². The van der Waals surface area contributed by atoms with Gasteiger partial charge in [0.2, 0.25) is 5.91 Å². The molecule has 0 spiro atoms. The Morgan fingerprint density at radius 2 is 1.96 bits per heavy atom. The molecular weight excluding hydrogens is 516 g/mol. The lowest BCUT2D eigenvalue weighted by atomic mass is 10.0. The molecule has 1 N–H and O–H groups in total. The van der Waals surface area contributed by atoms with Crippen LogP contribution in [0.4, 0.5) is 0 Å². The molecule has 4 atom stereocenters. The number of carbonyl (C=O) groups excluding carboxylic acids is 3. The Morgan fingerprint density at radius 3 is 2.61 bits per heavy atom. The number of fused-ring (bicyclic) bond motifs is 1. The number of rotatable bonds is 6. The molecule has 1 aromatic carbocycles. The van der Waals surface area contributed by atoms with E-state index >= 15 is 0 Å². The molecule has 1 saturated heterocycles. The number of esters is 1. The van der Waals surface area contributed by atoms with Gasteiger partial charge in [0, 0.05) is 5.33 Å². The summed E-state index contributed by atoms with van der Waals surface area (Å²) in [5.41, 5.74) is 1.36. The third kappa shape index (κ3) is 3.95. The Labute approximate surface area is 181 Å². The number of halogens is 2. The predicted octanol–water partition coefficient (Wildman–Crippen LogP) is 1.58. The van der Waals surface area contributed by atoms with Gasteiger partial charge in [-0.3, -0.25) is 18.7 Å². The molecule has 2 amide bonds. The summed E-state index contributed by atoms with van der Waals surface area (Å²) in [6.07, 6.45) is 0.108. The smallest absolute Gasteiger partial charge is 0.355 e. The van der Waals surface area contributed by atoms with Crippen molar-refractivity contribution >= 4 is 60.4 Å². The highest BCUT2D eigenvalue weighted by molar-refractivity contribution is 9.11. The summed E-state index contributed by atoms with van der Waals surface area (Å²) >= 11 is 6.52. The molecule has 0 bridgehead atoms. The quantitative estimate of drug-likeness (QED) is 0.340. The number of benzene rings is 1. The fourth-order valence-corrected chi connectivity index (χ4v) is 5.75. The van der Waals surface area contributed by atoms with Gasteiger partial charge in [-0.05, 0) is 18.1 Å². The van der Waals surface area contributed by atoms with Crippen molar-refractivity contribution in [1.29, 1.82) is 0 Å². The number of ether oxygens (including phenoxy) is 1. The molecule has 3 unspecified atom stereocenters. The van der Waals surface area contributed by atoms with E-state index in [1.807, 2.05) is 30.3 Å². The minimum absolute atomic E-state index is 0.0889. The fraction of sp³-hybridized carbons (Fsp3) is 0.389. The summed E-state index contributed by atoms with van der Waals surface area (Å²) in [5.74, 6) is -1.46. The molecule has 3 rings (SSSR count). The molecule has 1 aromatic rings.